The van der Waals surface area contributed by atoms with E-state index in [-0.39, 0.29) is 17.9 Å². The number of carbonyl (C=O) groups is 2. The van der Waals surface area contributed by atoms with E-state index in [1.807, 2.05) is 17.0 Å². The predicted octanol–water partition coefficient (Wildman–Crippen LogP) is 2.30. The van der Waals surface area contributed by atoms with Gasteiger partial charge in [-0.25, -0.2) is 0 Å². The summed E-state index contributed by atoms with van der Waals surface area (Å²) in [6.45, 7) is 6.11. The van der Waals surface area contributed by atoms with Crippen LogP contribution in [0.4, 0.5) is 0 Å². The van der Waals surface area contributed by atoms with Gasteiger partial charge >= 0.3 is 0 Å². The number of hydrogen-bond donors (Lipinski definition) is 1. The van der Waals surface area contributed by atoms with Gasteiger partial charge in [-0.3, -0.25) is 14.6 Å². The Balaban J connectivity index is 1.83. The molecule has 0 spiro atoms. The molecule has 1 saturated heterocycles. The Bertz CT molecular complexity index is 780. The second-order valence-electron chi connectivity index (χ2n) is 6.35. The van der Waals surface area contributed by atoms with E-state index in [1.165, 1.54) is 6.92 Å². The maximum absolute atomic E-state index is 13.0. The second kappa shape index (κ2) is 7.04. The van der Waals surface area contributed by atoms with Crippen LogP contribution in [-0.2, 0) is 11.3 Å². The van der Waals surface area contributed by atoms with E-state index in [2.05, 4.69) is 15.5 Å². The Morgan fingerprint density at radius 1 is 1.40 bits per heavy atom. The molecule has 7 heteroatoms. The Hall–Kier alpha value is -2.70. The molecule has 0 aromatic carbocycles. The molecule has 1 aliphatic heterocycles. The summed E-state index contributed by atoms with van der Waals surface area (Å²) in [6, 6.07) is 3.89. The monoisotopic (exact) mass is 342 g/mol. The summed E-state index contributed by atoms with van der Waals surface area (Å²) in [5.74, 6) is 0.413. The molecule has 0 bridgehead atoms. The molecule has 0 aliphatic carbocycles. The summed E-state index contributed by atoms with van der Waals surface area (Å²) < 4.78 is 5.14. The lowest BCUT2D eigenvalue weighted by Crippen LogP contribution is -2.31. The number of aryl methyl sites for hydroxylation is 2. The van der Waals surface area contributed by atoms with Crippen LogP contribution in [0, 0.1) is 13.8 Å². The smallest absolute Gasteiger partial charge is 0.259 e. The Kier molecular flexibility index (Phi) is 4.83. The minimum atomic E-state index is -0.0942. The Morgan fingerprint density at radius 2 is 2.20 bits per heavy atom. The minimum absolute atomic E-state index is 0.000257. The minimum Gasteiger partial charge on any atom is -0.361 e. The van der Waals surface area contributed by atoms with Crippen molar-refractivity contribution in [2.45, 2.75) is 46.2 Å². The summed E-state index contributed by atoms with van der Waals surface area (Å²) in [6.07, 6.45) is 3.57. The van der Waals surface area contributed by atoms with Gasteiger partial charge in [0.05, 0.1) is 24.0 Å². The zero-order valence-electron chi connectivity index (χ0n) is 14.7. The van der Waals surface area contributed by atoms with Crippen LogP contribution in [0.1, 0.15) is 58.9 Å². The van der Waals surface area contributed by atoms with Gasteiger partial charge in [0.1, 0.15) is 11.3 Å². The maximum Gasteiger partial charge on any atom is 0.259 e. The molecule has 2 amide bonds. The lowest BCUT2D eigenvalue weighted by molar-refractivity contribution is -0.119. The molecule has 1 N–H and O–H groups in total. The first-order chi connectivity index (χ1) is 12.0. The predicted molar refractivity (Wildman–Crippen MR) is 90.7 cm³/mol. The average molecular weight is 342 g/mol. The van der Waals surface area contributed by atoms with Crippen molar-refractivity contribution in [2.75, 3.05) is 6.54 Å². The SMILES string of the molecule is CC(=O)NCc1cc([C@@H]2CCCN2C(=O)c2c(C)noc2C)ccn1. The first-order valence-corrected chi connectivity index (χ1v) is 8.40. The maximum atomic E-state index is 13.0. The van der Waals surface area contributed by atoms with E-state index in [9.17, 15) is 9.59 Å². The van der Waals surface area contributed by atoms with Crippen LogP contribution in [0.15, 0.2) is 22.9 Å². The quantitative estimate of drug-likeness (QED) is 0.921. The van der Waals surface area contributed by atoms with E-state index in [4.69, 9.17) is 4.52 Å². The lowest BCUT2D eigenvalue weighted by Gasteiger charge is -2.25. The third-order valence-corrected chi connectivity index (χ3v) is 4.50. The summed E-state index contributed by atoms with van der Waals surface area (Å²) >= 11 is 0. The average Bonchev–Trinajstić information content (AvgIpc) is 3.20. The van der Waals surface area contributed by atoms with Gasteiger partial charge in [0.2, 0.25) is 5.91 Å². The lowest BCUT2D eigenvalue weighted by atomic mass is 10.0. The van der Waals surface area contributed by atoms with Gasteiger partial charge in [0, 0.05) is 19.7 Å². The number of aromatic nitrogens is 2. The fourth-order valence-corrected chi connectivity index (χ4v) is 3.30. The molecule has 7 nitrogen and oxygen atoms in total. The van der Waals surface area contributed by atoms with Crippen LogP contribution in [0.5, 0.6) is 0 Å². The molecule has 3 heterocycles. The van der Waals surface area contributed by atoms with E-state index in [0.29, 0.717) is 30.1 Å². The van der Waals surface area contributed by atoms with Crippen molar-refractivity contribution in [3.63, 3.8) is 0 Å². The summed E-state index contributed by atoms with van der Waals surface area (Å²) in [7, 11) is 0. The number of carbonyl (C=O) groups excluding carboxylic acids is 2. The van der Waals surface area contributed by atoms with Gasteiger partial charge in [0.15, 0.2) is 0 Å². The van der Waals surface area contributed by atoms with Gasteiger partial charge in [-0.1, -0.05) is 5.16 Å². The number of nitrogens with one attached hydrogen (secondary N) is 1. The van der Waals surface area contributed by atoms with Crippen molar-refractivity contribution in [1.29, 1.82) is 0 Å². The number of amides is 2. The molecule has 0 unspecified atom stereocenters. The molecule has 2 aromatic rings. The van der Waals surface area contributed by atoms with Crippen LogP contribution in [0.25, 0.3) is 0 Å². The van der Waals surface area contributed by atoms with Crippen molar-refractivity contribution in [2.24, 2.45) is 0 Å². The molecule has 1 aliphatic rings. The highest BCUT2D eigenvalue weighted by atomic mass is 16.5. The summed E-state index contributed by atoms with van der Waals surface area (Å²) in [5.41, 5.74) is 2.99. The third-order valence-electron chi connectivity index (χ3n) is 4.50. The Labute approximate surface area is 146 Å². The second-order valence-corrected chi connectivity index (χ2v) is 6.35. The zero-order chi connectivity index (χ0) is 18.0. The van der Waals surface area contributed by atoms with Gasteiger partial charge in [0.25, 0.3) is 5.91 Å². The molecular formula is C18H22N4O3. The molecule has 132 valence electrons. The Morgan fingerprint density at radius 3 is 2.88 bits per heavy atom. The van der Waals surface area contributed by atoms with Crippen molar-refractivity contribution in [1.82, 2.24) is 20.4 Å². The van der Waals surface area contributed by atoms with Crippen LogP contribution in [0.2, 0.25) is 0 Å². The van der Waals surface area contributed by atoms with Crippen molar-refractivity contribution in [3.8, 4) is 0 Å². The first kappa shape index (κ1) is 17.1. The van der Waals surface area contributed by atoms with E-state index < -0.39 is 0 Å². The van der Waals surface area contributed by atoms with Crippen LogP contribution in [-0.4, -0.2) is 33.4 Å². The summed E-state index contributed by atoms with van der Waals surface area (Å²) in [5, 5.41) is 6.64. The molecule has 3 rings (SSSR count). The standard InChI is InChI=1S/C18H22N4O3/c1-11-17(12(2)25-21-11)18(24)22-8-4-5-16(22)14-6-7-19-15(9-14)10-20-13(3)23/h6-7,9,16H,4-5,8,10H2,1-3H3,(H,20,23)/t16-/m0/s1. The largest absolute Gasteiger partial charge is 0.361 e. The van der Waals surface area contributed by atoms with E-state index in [0.717, 1.165) is 24.1 Å². The molecular weight excluding hydrogens is 320 g/mol. The van der Waals surface area contributed by atoms with Gasteiger partial charge in [-0.15, -0.1) is 0 Å². The molecule has 1 fully saturated rings. The van der Waals surface area contributed by atoms with Crippen molar-refractivity contribution in [3.05, 3.63) is 46.6 Å². The highest BCUT2D eigenvalue weighted by molar-refractivity contribution is 5.96. The van der Waals surface area contributed by atoms with Crippen LogP contribution >= 0.6 is 0 Å². The zero-order valence-corrected chi connectivity index (χ0v) is 14.7. The number of likely N-dealkylation sites (tertiary alicyclic amines) is 1. The molecule has 25 heavy (non-hydrogen) atoms. The highest BCUT2D eigenvalue weighted by Gasteiger charge is 2.33. The van der Waals surface area contributed by atoms with E-state index in [1.54, 1.807) is 20.0 Å². The van der Waals surface area contributed by atoms with Gasteiger partial charge < -0.3 is 14.7 Å². The number of pyridine rings is 1. The third kappa shape index (κ3) is 3.55. The fraction of sp³-hybridized carbons (Fsp3) is 0.444. The van der Waals surface area contributed by atoms with Crippen molar-refractivity contribution >= 4 is 11.8 Å². The topological polar surface area (TPSA) is 88.3 Å². The highest BCUT2D eigenvalue weighted by Crippen LogP contribution is 2.34. The fourth-order valence-electron chi connectivity index (χ4n) is 3.30. The number of nitrogens with zero attached hydrogens (tertiary/aromatic N) is 3. The molecule has 0 radical (unpaired) electrons. The van der Waals surface area contributed by atoms with E-state index >= 15 is 0 Å². The van der Waals surface area contributed by atoms with Crippen LogP contribution < -0.4 is 5.32 Å². The molecule has 0 saturated carbocycles. The first-order valence-electron chi connectivity index (χ1n) is 8.40. The van der Waals surface area contributed by atoms with Crippen molar-refractivity contribution < 1.29 is 14.1 Å². The molecule has 2 aromatic heterocycles. The van der Waals surface area contributed by atoms with Gasteiger partial charge in [-0.05, 0) is 44.4 Å². The van der Waals surface area contributed by atoms with Crippen LogP contribution in [0.3, 0.4) is 0 Å². The normalized spacial score (nSPS) is 16.9. The number of hydrogen-bond acceptors (Lipinski definition) is 5. The molecule has 1 atom stereocenters. The van der Waals surface area contributed by atoms with Gasteiger partial charge in [-0.2, -0.15) is 0 Å². The summed E-state index contributed by atoms with van der Waals surface area (Å²) in [4.78, 5) is 30.2. The number of rotatable bonds is 4.